The Balaban J connectivity index is 1.99. The van der Waals surface area contributed by atoms with E-state index in [9.17, 15) is 5.11 Å². The highest BCUT2D eigenvalue weighted by atomic mass is 16.3. The van der Waals surface area contributed by atoms with Crippen molar-refractivity contribution in [3.8, 4) is 0 Å². The summed E-state index contributed by atoms with van der Waals surface area (Å²) >= 11 is 0. The van der Waals surface area contributed by atoms with Crippen molar-refractivity contribution in [2.24, 2.45) is 0 Å². The molecule has 1 aliphatic rings. The van der Waals surface area contributed by atoms with Crippen LogP contribution in [0, 0.1) is 0 Å². The second-order valence-electron chi connectivity index (χ2n) is 5.62. The van der Waals surface area contributed by atoms with Crippen LogP contribution in [0.1, 0.15) is 33.6 Å². The van der Waals surface area contributed by atoms with Crippen LogP contribution in [-0.2, 0) is 0 Å². The van der Waals surface area contributed by atoms with Gasteiger partial charge in [-0.3, -0.25) is 0 Å². The number of nitrogens with zero attached hydrogens (tertiary/aromatic N) is 2. The largest absolute Gasteiger partial charge is 0.388 e. The molecule has 1 fully saturated rings. The van der Waals surface area contributed by atoms with Gasteiger partial charge < -0.3 is 15.3 Å². The molecule has 0 aliphatic carbocycles. The predicted molar refractivity (Wildman–Crippen MR) is 75.1 cm³/mol. The van der Waals surface area contributed by atoms with Gasteiger partial charge in [-0.1, -0.05) is 0 Å². The topological polar surface area (TPSA) is 48.4 Å². The molecule has 1 aliphatic heterocycles. The van der Waals surface area contributed by atoms with E-state index in [0.717, 1.165) is 24.6 Å². The normalized spacial score (nSPS) is 17.9. The molecule has 2 rings (SSSR count). The maximum Gasteiger partial charge on any atom is 0.128 e. The number of anilines is 2. The summed E-state index contributed by atoms with van der Waals surface area (Å²) in [5.41, 5.74) is 0.209. The average molecular weight is 249 g/mol. The Morgan fingerprint density at radius 2 is 2.00 bits per heavy atom. The number of aliphatic hydroxyl groups is 1. The zero-order chi connectivity index (χ0) is 13.2. The van der Waals surface area contributed by atoms with Gasteiger partial charge in [-0.05, 0) is 45.7 Å². The third kappa shape index (κ3) is 3.13. The van der Waals surface area contributed by atoms with Crippen LogP contribution < -0.4 is 10.2 Å². The molecule has 100 valence electrons. The van der Waals surface area contributed by atoms with E-state index in [-0.39, 0.29) is 6.04 Å². The molecule has 1 aromatic rings. The van der Waals surface area contributed by atoms with Gasteiger partial charge in [0.2, 0.25) is 0 Å². The van der Waals surface area contributed by atoms with E-state index >= 15 is 0 Å². The van der Waals surface area contributed by atoms with Crippen molar-refractivity contribution in [3.05, 3.63) is 18.3 Å². The Kier molecular flexibility index (Phi) is 3.76. The molecule has 0 bridgehead atoms. The summed E-state index contributed by atoms with van der Waals surface area (Å²) in [4.78, 5) is 6.79. The quantitative estimate of drug-likeness (QED) is 0.859. The van der Waals surface area contributed by atoms with E-state index < -0.39 is 5.60 Å². The fourth-order valence-electron chi connectivity index (χ4n) is 2.03. The molecule has 4 nitrogen and oxygen atoms in total. The molecule has 0 spiro atoms. The average Bonchev–Trinajstić information content (AvgIpc) is 2.82. The molecule has 2 N–H and O–H groups in total. The number of nitrogens with one attached hydrogen (secondary N) is 1. The fraction of sp³-hybridized carbons (Fsp3) is 0.643. The van der Waals surface area contributed by atoms with Gasteiger partial charge in [-0.2, -0.15) is 0 Å². The van der Waals surface area contributed by atoms with Gasteiger partial charge in [0.25, 0.3) is 0 Å². The lowest BCUT2D eigenvalue weighted by molar-refractivity contribution is 0.0649. The van der Waals surface area contributed by atoms with Crippen molar-refractivity contribution in [1.29, 1.82) is 0 Å². The van der Waals surface area contributed by atoms with E-state index in [1.165, 1.54) is 12.8 Å². The molecule has 1 saturated heterocycles. The molecule has 0 amide bonds. The molecule has 0 saturated carbocycles. The standard InChI is InChI=1S/C14H23N3O/c1-11(14(2,3)18)16-12-6-7-13(15-10-12)17-8-4-5-9-17/h6-7,10-11,16,18H,4-5,8-9H2,1-3H3. The van der Waals surface area contributed by atoms with Crippen molar-refractivity contribution >= 4 is 11.5 Å². The zero-order valence-corrected chi connectivity index (χ0v) is 11.5. The number of aromatic nitrogens is 1. The Morgan fingerprint density at radius 3 is 2.50 bits per heavy atom. The summed E-state index contributed by atoms with van der Waals surface area (Å²) in [6, 6.07) is 4.06. The molecule has 0 aromatic carbocycles. The van der Waals surface area contributed by atoms with E-state index in [1.807, 2.05) is 25.3 Å². The summed E-state index contributed by atoms with van der Waals surface area (Å²) < 4.78 is 0. The van der Waals surface area contributed by atoms with Crippen LogP contribution in [-0.4, -0.2) is 34.8 Å². The summed E-state index contributed by atoms with van der Waals surface area (Å²) in [7, 11) is 0. The van der Waals surface area contributed by atoms with Crippen LogP contribution >= 0.6 is 0 Å². The van der Waals surface area contributed by atoms with E-state index in [1.54, 1.807) is 13.8 Å². The van der Waals surface area contributed by atoms with Gasteiger partial charge in [-0.25, -0.2) is 4.98 Å². The first-order chi connectivity index (χ1) is 8.47. The Morgan fingerprint density at radius 1 is 1.33 bits per heavy atom. The predicted octanol–water partition coefficient (Wildman–Crippen LogP) is 2.25. The molecule has 0 radical (unpaired) electrons. The Bertz CT molecular complexity index is 377. The highest BCUT2D eigenvalue weighted by molar-refractivity contribution is 5.49. The minimum Gasteiger partial charge on any atom is -0.388 e. The zero-order valence-electron chi connectivity index (χ0n) is 11.5. The first kappa shape index (κ1) is 13.1. The summed E-state index contributed by atoms with van der Waals surface area (Å²) in [6.45, 7) is 7.79. The van der Waals surface area contributed by atoms with Crippen molar-refractivity contribution in [1.82, 2.24) is 4.98 Å². The second kappa shape index (κ2) is 5.14. The highest BCUT2D eigenvalue weighted by Gasteiger charge is 2.22. The van der Waals surface area contributed by atoms with Crippen LogP contribution in [0.5, 0.6) is 0 Å². The summed E-state index contributed by atoms with van der Waals surface area (Å²) in [6.07, 6.45) is 4.37. The Hall–Kier alpha value is -1.29. The third-order valence-corrected chi connectivity index (χ3v) is 3.62. The van der Waals surface area contributed by atoms with Crippen molar-refractivity contribution in [2.45, 2.75) is 45.3 Å². The van der Waals surface area contributed by atoms with E-state index in [0.29, 0.717) is 0 Å². The number of hydrogen-bond acceptors (Lipinski definition) is 4. The summed E-state index contributed by atoms with van der Waals surface area (Å²) in [5.74, 6) is 1.05. The molecule has 4 heteroatoms. The van der Waals surface area contributed by atoms with Crippen molar-refractivity contribution < 1.29 is 5.11 Å². The first-order valence-electron chi connectivity index (χ1n) is 6.67. The highest BCUT2D eigenvalue weighted by Crippen LogP contribution is 2.20. The smallest absolute Gasteiger partial charge is 0.128 e. The van der Waals surface area contributed by atoms with Crippen LogP contribution in [0.25, 0.3) is 0 Å². The SMILES string of the molecule is CC(Nc1ccc(N2CCCC2)nc1)C(C)(C)O. The second-order valence-corrected chi connectivity index (χ2v) is 5.62. The van der Waals surface area contributed by atoms with Crippen LogP contribution in [0.15, 0.2) is 18.3 Å². The van der Waals surface area contributed by atoms with Crippen LogP contribution in [0.2, 0.25) is 0 Å². The lowest BCUT2D eigenvalue weighted by Gasteiger charge is -2.27. The fourth-order valence-corrected chi connectivity index (χ4v) is 2.03. The molecular formula is C14H23N3O. The Labute approximate surface area is 109 Å². The van der Waals surface area contributed by atoms with Crippen LogP contribution in [0.4, 0.5) is 11.5 Å². The molecule has 1 unspecified atom stereocenters. The lowest BCUT2D eigenvalue weighted by atomic mass is 10.0. The number of pyridine rings is 1. The minimum absolute atomic E-state index is 0.0167. The first-order valence-corrected chi connectivity index (χ1v) is 6.67. The number of rotatable bonds is 4. The molecular weight excluding hydrogens is 226 g/mol. The van der Waals surface area contributed by atoms with Gasteiger partial charge in [0.1, 0.15) is 5.82 Å². The molecule has 18 heavy (non-hydrogen) atoms. The van der Waals surface area contributed by atoms with Gasteiger partial charge in [0.15, 0.2) is 0 Å². The maximum absolute atomic E-state index is 9.88. The lowest BCUT2D eigenvalue weighted by Crippen LogP contribution is -2.39. The van der Waals surface area contributed by atoms with Crippen molar-refractivity contribution in [2.75, 3.05) is 23.3 Å². The van der Waals surface area contributed by atoms with Gasteiger partial charge >= 0.3 is 0 Å². The van der Waals surface area contributed by atoms with Gasteiger partial charge in [-0.15, -0.1) is 0 Å². The van der Waals surface area contributed by atoms with Gasteiger partial charge in [0.05, 0.1) is 23.5 Å². The number of hydrogen-bond donors (Lipinski definition) is 2. The minimum atomic E-state index is -0.742. The summed E-state index contributed by atoms with van der Waals surface area (Å²) in [5, 5.41) is 13.2. The monoisotopic (exact) mass is 249 g/mol. The molecule has 1 atom stereocenters. The third-order valence-electron chi connectivity index (χ3n) is 3.62. The van der Waals surface area contributed by atoms with Crippen molar-refractivity contribution in [3.63, 3.8) is 0 Å². The van der Waals surface area contributed by atoms with E-state index in [2.05, 4.69) is 15.2 Å². The van der Waals surface area contributed by atoms with Crippen LogP contribution in [0.3, 0.4) is 0 Å². The maximum atomic E-state index is 9.88. The van der Waals surface area contributed by atoms with E-state index in [4.69, 9.17) is 0 Å². The van der Waals surface area contributed by atoms with Gasteiger partial charge in [0, 0.05) is 13.1 Å². The molecule has 1 aromatic heterocycles. The molecule has 2 heterocycles.